The number of methoxy groups -OCH3 is 1. The average Bonchev–Trinajstić information content (AvgIpc) is 2.85. The Kier molecular flexibility index (Phi) is 4.24. The summed E-state index contributed by atoms with van der Waals surface area (Å²) in [4.78, 5) is 0.0796. The molecule has 0 bridgehead atoms. The van der Waals surface area contributed by atoms with E-state index in [9.17, 15) is 8.42 Å². The van der Waals surface area contributed by atoms with Gasteiger partial charge >= 0.3 is 0 Å². The second-order valence-corrected chi connectivity index (χ2v) is 6.41. The Hall–Kier alpha value is -1.99. The van der Waals surface area contributed by atoms with Crippen molar-refractivity contribution in [2.75, 3.05) is 12.8 Å². The Morgan fingerprint density at radius 3 is 2.52 bits per heavy atom. The van der Waals surface area contributed by atoms with E-state index in [0.29, 0.717) is 11.5 Å². The number of hydrogen-bond acceptors (Lipinski definition) is 5. The van der Waals surface area contributed by atoms with Gasteiger partial charge in [-0.2, -0.15) is 0 Å². The minimum absolute atomic E-state index is 0.0796. The minimum atomic E-state index is -3.69. The van der Waals surface area contributed by atoms with Crippen molar-refractivity contribution in [3.8, 4) is 5.75 Å². The van der Waals surface area contributed by atoms with E-state index in [2.05, 4.69) is 4.72 Å². The fourth-order valence-corrected chi connectivity index (χ4v) is 3.17. The lowest BCUT2D eigenvalue weighted by Gasteiger charge is -2.13. The zero-order chi connectivity index (χ0) is 15.6. The van der Waals surface area contributed by atoms with Gasteiger partial charge in [0, 0.05) is 0 Å². The summed E-state index contributed by atoms with van der Waals surface area (Å²) in [6.07, 6.45) is 0. The zero-order valence-electron chi connectivity index (χ0n) is 12.1. The number of nitrogens with one attached hydrogen (secondary N) is 1. The second kappa shape index (κ2) is 5.79. The molecule has 0 saturated heterocycles. The number of rotatable bonds is 5. The SMILES string of the molecule is COc1ccc(S(=O)(=O)NC(C)c2ccc(C)o2)cc1N. The average molecular weight is 310 g/mol. The molecular formula is C14H18N2O4S. The first-order valence-electron chi connectivity index (χ1n) is 6.35. The van der Waals surface area contributed by atoms with Crippen LogP contribution in [-0.4, -0.2) is 15.5 Å². The fourth-order valence-electron chi connectivity index (χ4n) is 1.92. The Bertz CT molecular complexity index is 737. The molecule has 0 aliphatic carbocycles. The van der Waals surface area contributed by atoms with E-state index in [0.717, 1.165) is 5.76 Å². The van der Waals surface area contributed by atoms with Gasteiger partial charge in [0.1, 0.15) is 17.3 Å². The van der Waals surface area contributed by atoms with Gasteiger partial charge in [-0.15, -0.1) is 0 Å². The highest BCUT2D eigenvalue weighted by Gasteiger charge is 2.21. The second-order valence-electron chi connectivity index (χ2n) is 4.70. The molecule has 1 aromatic heterocycles. The molecule has 114 valence electrons. The van der Waals surface area contributed by atoms with Crippen LogP contribution in [0.5, 0.6) is 5.75 Å². The molecule has 1 aromatic carbocycles. The molecule has 6 nitrogen and oxygen atoms in total. The van der Waals surface area contributed by atoms with Crippen LogP contribution in [0.2, 0.25) is 0 Å². The van der Waals surface area contributed by atoms with Gasteiger partial charge in [0.25, 0.3) is 0 Å². The Balaban J connectivity index is 2.24. The number of hydrogen-bond donors (Lipinski definition) is 2. The fraction of sp³-hybridized carbons (Fsp3) is 0.286. The van der Waals surface area contributed by atoms with Crippen LogP contribution >= 0.6 is 0 Å². The lowest BCUT2D eigenvalue weighted by Crippen LogP contribution is -2.26. The summed E-state index contributed by atoms with van der Waals surface area (Å²) in [6.45, 7) is 3.51. The normalized spacial score (nSPS) is 13.1. The molecule has 1 heterocycles. The number of nitrogen functional groups attached to an aromatic ring is 1. The summed E-state index contributed by atoms with van der Waals surface area (Å²) in [5, 5.41) is 0. The molecule has 7 heteroatoms. The van der Waals surface area contributed by atoms with Gasteiger partial charge < -0.3 is 14.9 Å². The van der Waals surface area contributed by atoms with Crippen LogP contribution in [0.25, 0.3) is 0 Å². The summed E-state index contributed by atoms with van der Waals surface area (Å²) in [7, 11) is -2.22. The van der Waals surface area contributed by atoms with Crippen LogP contribution in [0.4, 0.5) is 5.69 Å². The molecule has 0 aliphatic heterocycles. The predicted octanol–water partition coefficient (Wildman–Crippen LogP) is 2.22. The Labute approximate surface area is 124 Å². The van der Waals surface area contributed by atoms with Crippen LogP contribution in [-0.2, 0) is 10.0 Å². The van der Waals surface area contributed by atoms with Crippen molar-refractivity contribution >= 4 is 15.7 Å². The first kappa shape index (κ1) is 15.4. The van der Waals surface area contributed by atoms with Gasteiger partial charge in [0.05, 0.1) is 23.7 Å². The summed E-state index contributed by atoms with van der Waals surface area (Å²) in [6, 6.07) is 7.37. The molecule has 3 N–H and O–H groups in total. The van der Waals surface area contributed by atoms with E-state index in [4.69, 9.17) is 14.9 Å². The van der Waals surface area contributed by atoms with Crippen LogP contribution < -0.4 is 15.2 Å². The van der Waals surface area contributed by atoms with Crippen LogP contribution in [0, 0.1) is 6.92 Å². The summed E-state index contributed by atoms with van der Waals surface area (Å²) >= 11 is 0. The summed E-state index contributed by atoms with van der Waals surface area (Å²) in [5.41, 5.74) is 6.00. The highest BCUT2D eigenvalue weighted by atomic mass is 32.2. The topological polar surface area (TPSA) is 94.6 Å². The summed E-state index contributed by atoms with van der Waals surface area (Å²) < 4.78 is 37.6. The van der Waals surface area contributed by atoms with E-state index in [1.807, 2.05) is 0 Å². The van der Waals surface area contributed by atoms with Crippen molar-refractivity contribution in [3.63, 3.8) is 0 Å². The van der Waals surface area contributed by atoms with E-state index in [-0.39, 0.29) is 10.6 Å². The molecule has 0 fully saturated rings. The summed E-state index contributed by atoms with van der Waals surface area (Å²) in [5.74, 6) is 1.71. The predicted molar refractivity (Wildman–Crippen MR) is 79.6 cm³/mol. The van der Waals surface area contributed by atoms with Gasteiger partial charge in [-0.1, -0.05) is 0 Å². The molecule has 0 spiro atoms. The van der Waals surface area contributed by atoms with Gasteiger partial charge in [-0.25, -0.2) is 13.1 Å². The van der Waals surface area contributed by atoms with E-state index < -0.39 is 16.1 Å². The highest BCUT2D eigenvalue weighted by Crippen LogP contribution is 2.25. The van der Waals surface area contributed by atoms with Gasteiger partial charge in [0.2, 0.25) is 10.0 Å². The number of benzene rings is 1. The third-order valence-corrected chi connectivity index (χ3v) is 4.57. The van der Waals surface area contributed by atoms with Crippen molar-refractivity contribution in [3.05, 3.63) is 41.9 Å². The molecule has 0 amide bonds. The quantitative estimate of drug-likeness (QED) is 0.826. The van der Waals surface area contributed by atoms with Crippen LogP contribution in [0.15, 0.2) is 39.6 Å². The number of sulfonamides is 1. The molecule has 2 rings (SSSR count). The maximum Gasteiger partial charge on any atom is 0.241 e. The van der Waals surface area contributed by atoms with Crippen LogP contribution in [0.1, 0.15) is 24.5 Å². The molecule has 0 aliphatic rings. The number of furan rings is 1. The van der Waals surface area contributed by atoms with Crippen molar-refractivity contribution in [1.82, 2.24) is 4.72 Å². The maximum absolute atomic E-state index is 12.3. The third-order valence-electron chi connectivity index (χ3n) is 3.03. The number of ether oxygens (including phenoxy) is 1. The molecule has 1 unspecified atom stereocenters. The molecular weight excluding hydrogens is 292 g/mol. The van der Waals surface area contributed by atoms with Crippen molar-refractivity contribution in [2.24, 2.45) is 0 Å². The third kappa shape index (κ3) is 3.37. The number of aryl methyl sites for hydroxylation is 1. The first-order valence-corrected chi connectivity index (χ1v) is 7.84. The zero-order valence-corrected chi connectivity index (χ0v) is 12.9. The monoisotopic (exact) mass is 310 g/mol. The van der Waals surface area contributed by atoms with E-state index in [1.54, 1.807) is 26.0 Å². The molecule has 0 saturated carbocycles. The van der Waals surface area contributed by atoms with Gasteiger partial charge in [-0.05, 0) is 44.2 Å². The Morgan fingerprint density at radius 1 is 1.29 bits per heavy atom. The molecule has 1 atom stereocenters. The van der Waals surface area contributed by atoms with E-state index >= 15 is 0 Å². The Morgan fingerprint density at radius 2 is 2.00 bits per heavy atom. The van der Waals surface area contributed by atoms with Crippen molar-refractivity contribution < 1.29 is 17.6 Å². The highest BCUT2D eigenvalue weighted by molar-refractivity contribution is 7.89. The van der Waals surface area contributed by atoms with Crippen molar-refractivity contribution in [2.45, 2.75) is 24.8 Å². The molecule has 0 radical (unpaired) electrons. The number of nitrogens with two attached hydrogens (primary N) is 1. The largest absolute Gasteiger partial charge is 0.495 e. The standard InChI is InChI=1S/C14H18N2O4S/c1-9-4-6-13(20-9)10(2)16-21(17,18)11-5-7-14(19-3)12(15)8-11/h4-8,10,16H,15H2,1-3H3. The van der Waals surface area contributed by atoms with Gasteiger partial charge in [0.15, 0.2) is 0 Å². The van der Waals surface area contributed by atoms with Gasteiger partial charge in [-0.3, -0.25) is 0 Å². The lowest BCUT2D eigenvalue weighted by molar-refractivity contribution is 0.416. The molecule has 2 aromatic rings. The van der Waals surface area contributed by atoms with Crippen LogP contribution in [0.3, 0.4) is 0 Å². The lowest BCUT2D eigenvalue weighted by atomic mass is 10.3. The smallest absolute Gasteiger partial charge is 0.241 e. The van der Waals surface area contributed by atoms with Crippen molar-refractivity contribution in [1.29, 1.82) is 0 Å². The molecule has 21 heavy (non-hydrogen) atoms. The maximum atomic E-state index is 12.3. The van der Waals surface area contributed by atoms with E-state index in [1.165, 1.54) is 25.3 Å². The number of anilines is 1. The minimum Gasteiger partial charge on any atom is -0.495 e. The first-order chi connectivity index (χ1) is 9.83.